The Balaban J connectivity index is 2.09. The molecule has 1 amide bonds. The molecular formula is C18H19ClFNO4. The SMILES string of the molecule is COc1ccc(CNC(=O)Cc2ccc(Cl)cc2F)c(OC)c1OC. The van der Waals surface area contributed by atoms with Crippen LogP contribution in [0.1, 0.15) is 11.1 Å². The second-order valence-electron chi connectivity index (χ2n) is 5.18. The van der Waals surface area contributed by atoms with Crippen LogP contribution in [-0.2, 0) is 17.8 Å². The van der Waals surface area contributed by atoms with E-state index in [1.807, 2.05) is 0 Å². The van der Waals surface area contributed by atoms with Crippen molar-refractivity contribution in [1.29, 1.82) is 0 Å². The Morgan fingerprint density at radius 3 is 2.32 bits per heavy atom. The van der Waals surface area contributed by atoms with Crippen LogP contribution in [0.5, 0.6) is 17.2 Å². The van der Waals surface area contributed by atoms with Crippen LogP contribution in [0.2, 0.25) is 5.02 Å². The van der Waals surface area contributed by atoms with Crippen molar-refractivity contribution in [3.05, 3.63) is 52.3 Å². The molecule has 0 saturated carbocycles. The van der Waals surface area contributed by atoms with E-state index >= 15 is 0 Å². The molecule has 134 valence electrons. The Morgan fingerprint density at radius 2 is 1.72 bits per heavy atom. The minimum absolute atomic E-state index is 0.0847. The summed E-state index contributed by atoms with van der Waals surface area (Å²) in [4.78, 5) is 12.1. The van der Waals surface area contributed by atoms with Crippen molar-refractivity contribution in [1.82, 2.24) is 5.32 Å². The Labute approximate surface area is 150 Å². The zero-order valence-corrected chi connectivity index (χ0v) is 14.9. The summed E-state index contributed by atoms with van der Waals surface area (Å²) in [5.41, 5.74) is 0.992. The molecule has 7 heteroatoms. The third-order valence-electron chi connectivity index (χ3n) is 3.63. The van der Waals surface area contributed by atoms with Gasteiger partial charge in [0.1, 0.15) is 5.82 Å². The van der Waals surface area contributed by atoms with Crippen LogP contribution in [0, 0.1) is 5.82 Å². The molecule has 0 bridgehead atoms. The highest BCUT2D eigenvalue weighted by Gasteiger charge is 2.16. The lowest BCUT2D eigenvalue weighted by Crippen LogP contribution is -2.25. The maximum Gasteiger partial charge on any atom is 0.224 e. The third kappa shape index (κ3) is 4.54. The fourth-order valence-electron chi connectivity index (χ4n) is 2.40. The van der Waals surface area contributed by atoms with Gasteiger partial charge < -0.3 is 19.5 Å². The van der Waals surface area contributed by atoms with E-state index in [4.69, 9.17) is 25.8 Å². The van der Waals surface area contributed by atoms with Crippen LogP contribution in [0.4, 0.5) is 4.39 Å². The summed E-state index contributed by atoms with van der Waals surface area (Å²) >= 11 is 5.70. The van der Waals surface area contributed by atoms with E-state index in [1.54, 1.807) is 18.2 Å². The van der Waals surface area contributed by atoms with Crippen LogP contribution < -0.4 is 19.5 Å². The molecule has 1 N–H and O–H groups in total. The lowest BCUT2D eigenvalue weighted by molar-refractivity contribution is -0.120. The molecule has 0 aliphatic heterocycles. The summed E-state index contributed by atoms with van der Waals surface area (Å²) in [7, 11) is 4.54. The van der Waals surface area contributed by atoms with E-state index in [2.05, 4.69) is 5.32 Å². The standard InChI is InChI=1S/C18H19ClFNO4/c1-23-15-7-5-12(17(24-2)18(15)25-3)10-21-16(22)8-11-4-6-13(19)9-14(11)20/h4-7,9H,8,10H2,1-3H3,(H,21,22). The van der Waals surface area contributed by atoms with Gasteiger partial charge in [-0.1, -0.05) is 17.7 Å². The van der Waals surface area contributed by atoms with E-state index in [-0.39, 0.29) is 29.5 Å². The molecule has 2 rings (SSSR count). The summed E-state index contributed by atoms with van der Waals surface area (Å²) in [5.74, 6) is 0.613. The van der Waals surface area contributed by atoms with Gasteiger partial charge in [-0.2, -0.15) is 0 Å². The number of hydrogen-bond donors (Lipinski definition) is 1. The first-order chi connectivity index (χ1) is 12.0. The first-order valence-electron chi connectivity index (χ1n) is 7.48. The Morgan fingerprint density at radius 1 is 1.04 bits per heavy atom. The Bertz CT molecular complexity index is 767. The number of methoxy groups -OCH3 is 3. The van der Waals surface area contributed by atoms with Gasteiger partial charge in [0.2, 0.25) is 11.7 Å². The molecule has 5 nitrogen and oxygen atoms in total. The van der Waals surface area contributed by atoms with Gasteiger partial charge >= 0.3 is 0 Å². The molecule has 0 aromatic heterocycles. The van der Waals surface area contributed by atoms with Crippen molar-refractivity contribution in [2.75, 3.05) is 21.3 Å². The van der Waals surface area contributed by atoms with Crippen molar-refractivity contribution >= 4 is 17.5 Å². The van der Waals surface area contributed by atoms with Crippen molar-refractivity contribution in [2.24, 2.45) is 0 Å². The zero-order chi connectivity index (χ0) is 18.4. The molecule has 25 heavy (non-hydrogen) atoms. The number of ether oxygens (including phenoxy) is 3. The quantitative estimate of drug-likeness (QED) is 0.815. The minimum Gasteiger partial charge on any atom is -0.493 e. The van der Waals surface area contributed by atoms with Crippen molar-refractivity contribution < 1.29 is 23.4 Å². The average molecular weight is 368 g/mol. The maximum absolute atomic E-state index is 13.8. The molecule has 0 aliphatic carbocycles. The molecule has 0 aliphatic rings. The highest BCUT2D eigenvalue weighted by atomic mass is 35.5. The molecule has 0 unspecified atom stereocenters. The summed E-state index contributed by atoms with van der Waals surface area (Å²) in [5, 5.41) is 3.03. The third-order valence-corrected chi connectivity index (χ3v) is 3.86. The molecule has 2 aromatic carbocycles. The Kier molecular flexibility index (Phi) is 6.47. The summed E-state index contributed by atoms with van der Waals surface area (Å²) in [6.07, 6.45) is -0.0847. The van der Waals surface area contributed by atoms with E-state index in [0.29, 0.717) is 22.8 Å². The molecule has 2 aromatic rings. The smallest absolute Gasteiger partial charge is 0.224 e. The van der Waals surface area contributed by atoms with Gasteiger partial charge in [-0.05, 0) is 29.8 Å². The van der Waals surface area contributed by atoms with Crippen molar-refractivity contribution in [3.8, 4) is 17.2 Å². The fraction of sp³-hybridized carbons (Fsp3) is 0.278. The highest BCUT2D eigenvalue weighted by molar-refractivity contribution is 6.30. The Hall–Kier alpha value is -2.47. The van der Waals surface area contributed by atoms with Gasteiger partial charge in [0.15, 0.2) is 11.5 Å². The van der Waals surface area contributed by atoms with Crippen LogP contribution in [0.3, 0.4) is 0 Å². The highest BCUT2D eigenvalue weighted by Crippen LogP contribution is 2.39. The van der Waals surface area contributed by atoms with Crippen LogP contribution >= 0.6 is 11.6 Å². The van der Waals surface area contributed by atoms with Gasteiger partial charge in [0.25, 0.3) is 0 Å². The van der Waals surface area contributed by atoms with Gasteiger partial charge in [-0.15, -0.1) is 0 Å². The fourth-order valence-corrected chi connectivity index (χ4v) is 2.56. The monoisotopic (exact) mass is 367 g/mol. The summed E-state index contributed by atoms with van der Waals surface area (Å²) < 4.78 is 29.6. The minimum atomic E-state index is -0.508. The molecule has 0 heterocycles. The number of halogens is 2. The largest absolute Gasteiger partial charge is 0.493 e. The molecule has 0 saturated heterocycles. The van der Waals surface area contributed by atoms with Gasteiger partial charge in [0, 0.05) is 17.1 Å². The van der Waals surface area contributed by atoms with Crippen LogP contribution in [0.15, 0.2) is 30.3 Å². The maximum atomic E-state index is 13.8. The van der Waals surface area contributed by atoms with E-state index in [0.717, 1.165) is 0 Å². The van der Waals surface area contributed by atoms with Gasteiger partial charge in [-0.3, -0.25) is 4.79 Å². The second kappa shape index (κ2) is 8.58. The van der Waals surface area contributed by atoms with Crippen LogP contribution in [-0.4, -0.2) is 27.2 Å². The first kappa shape index (κ1) is 18.9. The summed E-state index contributed by atoms with van der Waals surface area (Å²) in [6, 6.07) is 7.71. The van der Waals surface area contributed by atoms with Crippen LogP contribution in [0.25, 0.3) is 0 Å². The number of carbonyl (C=O) groups excluding carboxylic acids is 1. The molecular weight excluding hydrogens is 349 g/mol. The van der Waals surface area contributed by atoms with Crippen molar-refractivity contribution in [3.63, 3.8) is 0 Å². The average Bonchev–Trinajstić information content (AvgIpc) is 2.61. The summed E-state index contributed by atoms with van der Waals surface area (Å²) in [6.45, 7) is 0.206. The number of carbonyl (C=O) groups is 1. The molecule has 0 fully saturated rings. The number of benzene rings is 2. The lowest BCUT2D eigenvalue weighted by Gasteiger charge is -2.16. The molecule has 0 atom stereocenters. The topological polar surface area (TPSA) is 56.8 Å². The first-order valence-corrected chi connectivity index (χ1v) is 7.86. The predicted molar refractivity (Wildman–Crippen MR) is 93.1 cm³/mol. The lowest BCUT2D eigenvalue weighted by atomic mass is 10.1. The van der Waals surface area contributed by atoms with E-state index in [9.17, 15) is 9.18 Å². The van der Waals surface area contributed by atoms with E-state index in [1.165, 1.54) is 33.5 Å². The second-order valence-corrected chi connectivity index (χ2v) is 5.62. The number of amides is 1. The molecule has 0 spiro atoms. The van der Waals surface area contributed by atoms with Crippen molar-refractivity contribution in [2.45, 2.75) is 13.0 Å². The number of hydrogen-bond acceptors (Lipinski definition) is 4. The normalized spacial score (nSPS) is 10.3. The molecule has 0 radical (unpaired) electrons. The number of rotatable bonds is 7. The number of nitrogens with one attached hydrogen (secondary N) is 1. The predicted octanol–water partition coefficient (Wildman–Crippen LogP) is 3.36. The zero-order valence-electron chi connectivity index (χ0n) is 14.2. The van der Waals surface area contributed by atoms with Gasteiger partial charge in [-0.25, -0.2) is 4.39 Å². The van der Waals surface area contributed by atoms with E-state index < -0.39 is 5.82 Å². The van der Waals surface area contributed by atoms with Gasteiger partial charge in [0.05, 0.1) is 27.8 Å².